The summed E-state index contributed by atoms with van der Waals surface area (Å²) in [5.41, 5.74) is 17.7. The van der Waals surface area contributed by atoms with Gasteiger partial charge in [0.05, 0.1) is 22.4 Å². The molecule has 4 heteroatoms. The molecule has 0 aliphatic heterocycles. The minimum atomic E-state index is 0.966. The minimum Gasteiger partial charge on any atom is -0.309 e. The number of aromatic nitrogens is 3. The van der Waals surface area contributed by atoms with Gasteiger partial charge in [-0.3, -0.25) is 9.97 Å². The van der Waals surface area contributed by atoms with Gasteiger partial charge < -0.3 is 4.57 Å². The quantitative estimate of drug-likeness (QED) is 0.171. The molecule has 0 bridgehead atoms. The van der Waals surface area contributed by atoms with Crippen molar-refractivity contribution in [2.45, 2.75) is 0 Å². The molecule has 2 aliphatic rings. The van der Waals surface area contributed by atoms with Crippen LogP contribution in [0, 0.1) is 0 Å². The highest BCUT2D eigenvalue weighted by molar-refractivity contribution is 7.25. The maximum atomic E-state index is 4.73. The number of nitrogens with zero attached hydrogens (tertiary/aromatic N) is 3. The molecular formula is C52H31N3S. The van der Waals surface area contributed by atoms with Gasteiger partial charge in [0.15, 0.2) is 0 Å². The lowest BCUT2D eigenvalue weighted by Gasteiger charge is -2.11. The molecule has 0 atom stereocenters. The lowest BCUT2D eigenvalue weighted by atomic mass is 9.94. The SMILES string of the molecule is c1ccc(-c2ccccc2-c2ccc3c(c2)c2cc(-c4ccccc4-c4ccccn4)ccc2n3-c2ccc3sc4ccc(-c5ccc6cc5-6)cc4c3c2)nc1. The molecule has 0 radical (unpaired) electrons. The van der Waals surface area contributed by atoms with E-state index >= 15 is 0 Å². The fourth-order valence-electron chi connectivity index (χ4n) is 8.67. The standard InChI is InChI=1S/C52H31N3S/c1-3-11-40(47-13-5-7-25-53-47)37(9-1)32-16-21-49-43(28-32)44-29-33(38-10-2-4-12-41(38)48-14-6-8-26-54-48)17-22-50(44)55(49)36-19-24-52-46(31-36)45-30-34(18-23-51(45)56-52)39-20-15-35-27-42(35)39/h1-31H. The summed E-state index contributed by atoms with van der Waals surface area (Å²) in [4.78, 5) is 9.46. The monoisotopic (exact) mass is 729 g/mol. The van der Waals surface area contributed by atoms with Crippen LogP contribution in [0.25, 0.3) is 115 Å². The van der Waals surface area contributed by atoms with Crippen LogP contribution < -0.4 is 0 Å². The first-order chi connectivity index (χ1) is 27.7. The van der Waals surface area contributed by atoms with Gasteiger partial charge in [-0.1, -0.05) is 91.0 Å². The van der Waals surface area contributed by atoms with E-state index in [1.54, 1.807) is 0 Å². The Hall–Kier alpha value is -7.14. The molecule has 3 nitrogen and oxygen atoms in total. The van der Waals surface area contributed by atoms with Crippen LogP contribution in [0.3, 0.4) is 0 Å². The van der Waals surface area contributed by atoms with E-state index in [0.29, 0.717) is 0 Å². The summed E-state index contributed by atoms with van der Waals surface area (Å²) < 4.78 is 5.06. The van der Waals surface area contributed by atoms with Crippen molar-refractivity contribution < 1.29 is 0 Å². The van der Waals surface area contributed by atoms with Crippen molar-refractivity contribution in [3.05, 3.63) is 188 Å². The Bertz CT molecular complexity index is 3220. The zero-order valence-electron chi connectivity index (χ0n) is 30.1. The Balaban J connectivity index is 1.09. The van der Waals surface area contributed by atoms with Gasteiger partial charge in [-0.05, 0) is 129 Å². The molecule has 10 aromatic rings. The van der Waals surface area contributed by atoms with E-state index in [0.717, 1.165) is 50.5 Å². The fourth-order valence-corrected chi connectivity index (χ4v) is 9.74. The Morgan fingerprint density at radius 1 is 0.339 bits per heavy atom. The molecular weight excluding hydrogens is 699 g/mol. The highest BCUT2D eigenvalue weighted by atomic mass is 32.1. The van der Waals surface area contributed by atoms with Crippen molar-refractivity contribution in [3.63, 3.8) is 0 Å². The third kappa shape index (κ3) is 4.90. The first kappa shape index (κ1) is 31.2. The van der Waals surface area contributed by atoms with E-state index in [1.165, 1.54) is 64.2 Å². The van der Waals surface area contributed by atoms with Gasteiger partial charge >= 0.3 is 0 Å². The highest BCUT2D eigenvalue weighted by Crippen LogP contribution is 2.46. The van der Waals surface area contributed by atoms with Gasteiger partial charge in [-0.2, -0.15) is 0 Å². The Labute approximate surface area is 327 Å². The Morgan fingerprint density at radius 3 is 1.34 bits per heavy atom. The predicted octanol–water partition coefficient (Wildman–Crippen LogP) is 14.3. The molecule has 0 fully saturated rings. The largest absolute Gasteiger partial charge is 0.309 e. The molecule has 0 N–H and O–H groups in total. The van der Waals surface area contributed by atoms with Crippen molar-refractivity contribution in [3.8, 4) is 72.7 Å². The van der Waals surface area contributed by atoms with Crippen LogP contribution in [0.15, 0.2) is 188 Å². The average molecular weight is 730 g/mol. The van der Waals surface area contributed by atoms with Gasteiger partial charge in [0.25, 0.3) is 0 Å². The van der Waals surface area contributed by atoms with Gasteiger partial charge in [-0.15, -0.1) is 11.3 Å². The number of pyridine rings is 2. The van der Waals surface area contributed by atoms with Gasteiger partial charge in [0.2, 0.25) is 0 Å². The molecule has 0 saturated carbocycles. The highest BCUT2D eigenvalue weighted by Gasteiger charge is 2.21. The molecule has 260 valence electrons. The summed E-state index contributed by atoms with van der Waals surface area (Å²) in [6, 6.07) is 64.0. The summed E-state index contributed by atoms with van der Waals surface area (Å²) >= 11 is 1.87. The van der Waals surface area contributed by atoms with E-state index in [1.807, 2.05) is 35.9 Å². The zero-order chi connectivity index (χ0) is 36.7. The van der Waals surface area contributed by atoms with Crippen molar-refractivity contribution in [2.24, 2.45) is 0 Å². The average Bonchev–Trinajstić information content (AvgIpc) is 3.60. The predicted molar refractivity (Wildman–Crippen MR) is 235 cm³/mol. The first-order valence-corrected chi connectivity index (χ1v) is 19.8. The number of hydrogen-bond acceptors (Lipinski definition) is 3. The molecule has 0 spiro atoms. The summed E-state index contributed by atoms with van der Waals surface area (Å²) in [6.07, 6.45) is 3.73. The van der Waals surface area contributed by atoms with Crippen molar-refractivity contribution in [1.29, 1.82) is 0 Å². The fraction of sp³-hybridized carbons (Fsp3) is 0. The Kier molecular flexibility index (Phi) is 6.80. The summed E-state index contributed by atoms with van der Waals surface area (Å²) in [6.45, 7) is 0. The van der Waals surface area contributed by atoms with Crippen LogP contribution in [0.2, 0.25) is 0 Å². The van der Waals surface area contributed by atoms with Gasteiger partial charge in [-0.25, -0.2) is 0 Å². The normalized spacial score (nSPS) is 11.9. The molecule has 2 aliphatic carbocycles. The summed E-state index contributed by atoms with van der Waals surface area (Å²) in [7, 11) is 0. The van der Waals surface area contributed by atoms with E-state index < -0.39 is 0 Å². The van der Waals surface area contributed by atoms with E-state index in [9.17, 15) is 0 Å². The Morgan fingerprint density at radius 2 is 0.804 bits per heavy atom. The molecule has 4 aromatic heterocycles. The van der Waals surface area contributed by atoms with E-state index in [4.69, 9.17) is 9.97 Å². The topological polar surface area (TPSA) is 30.7 Å². The zero-order valence-corrected chi connectivity index (χ0v) is 31.0. The smallest absolute Gasteiger partial charge is 0.0708 e. The number of rotatable bonds is 6. The maximum absolute atomic E-state index is 4.73. The van der Waals surface area contributed by atoms with Crippen molar-refractivity contribution >= 4 is 53.3 Å². The number of benzene rings is 7. The van der Waals surface area contributed by atoms with Crippen molar-refractivity contribution in [1.82, 2.24) is 14.5 Å². The minimum absolute atomic E-state index is 0.966. The number of hydrogen-bond donors (Lipinski definition) is 0. The van der Waals surface area contributed by atoms with Crippen LogP contribution >= 0.6 is 11.3 Å². The third-order valence-corrected chi connectivity index (χ3v) is 12.5. The second-order valence-corrected chi connectivity index (χ2v) is 15.7. The van der Waals surface area contributed by atoms with Crippen LogP contribution in [-0.4, -0.2) is 14.5 Å². The lowest BCUT2D eigenvalue weighted by Crippen LogP contribution is -1.94. The van der Waals surface area contributed by atoms with Crippen LogP contribution in [-0.2, 0) is 0 Å². The number of fused-ring (bicyclic) bond motifs is 7. The maximum Gasteiger partial charge on any atom is 0.0708 e. The first-order valence-electron chi connectivity index (χ1n) is 19.0. The lowest BCUT2D eigenvalue weighted by molar-refractivity contribution is 1.19. The third-order valence-electron chi connectivity index (χ3n) is 11.4. The molecule has 12 rings (SSSR count). The second-order valence-electron chi connectivity index (χ2n) is 14.6. The van der Waals surface area contributed by atoms with Crippen LogP contribution in [0.5, 0.6) is 0 Å². The van der Waals surface area contributed by atoms with Crippen molar-refractivity contribution in [2.75, 3.05) is 0 Å². The molecule has 0 amide bonds. The molecule has 0 unspecified atom stereocenters. The number of thiophene rings is 1. The van der Waals surface area contributed by atoms with Gasteiger partial charge in [0, 0.05) is 60.2 Å². The van der Waals surface area contributed by atoms with E-state index in [-0.39, 0.29) is 0 Å². The van der Waals surface area contributed by atoms with Crippen LogP contribution in [0.1, 0.15) is 0 Å². The van der Waals surface area contributed by atoms with E-state index in [2.05, 4.69) is 168 Å². The molecule has 56 heavy (non-hydrogen) atoms. The summed E-state index contributed by atoms with van der Waals surface area (Å²) in [5, 5.41) is 5.01. The molecule has 6 aromatic carbocycles. The molecule has 4 heterocycles. The van der Waals surface area contributed by atoms with Gasteiger partial charge in [0.1, 0.15) is 0 Å². The second kappa shape index (κ2) is 12.2. The molecule has 0 saturated heterocycles. The summed E-state index contributed by atoms with van der Waals surface area (Å²) in [5.74, 6) is 0. The van der Waals surface area contributed by atoms with Crippen LogP contribution in [0.4, 0.5) is 0 Å².